The predicted molar refractivity (Wildman–Crippen MR) is 68.9 cm³/mol. The van der Waals surface area contributed by atoms with E-state index in [1.165, 1.54) is 7.11 Å². The first-order chi connectivity index (χ1) is 8.19. The number of nitrogens with zero attached hydrogens (tertiary/aromatic N) is 1. The molecule has 0 aromatic heterocycles. The zero-order valence-corrected chi connectivity index (χ0v) is 10.6. The van der Waals surface area contributed by atoms with E-state index in [1.54, 1.807) is 24.4 Å². The summed E-state index contributed by atoms with van der Waals surface area (Å²) in [5.74, 6) is 0.134. The zero-order chi connectivity index (χ0) is 12.7. The zero-order valence-electron chi connectivity index (χ0n) is 9.87. The quantitative estimate of drug-likeness (QED) is 0.649. The lowest BCUT2D eigenvalue weighted by molar-refractivity contribution is 0.0952. The van der Waals surface area contributed by atoms with Gasteiger partial charge in [0.2, 0.25) is 0 Å². The number of halogens is 1. The van der Waals surface area contributed by atoms with E-state index in [-0.39, 0.29) is 5.91 Å². The fraction of sp³-hybridized carbons (Fsp3) is 0.333. The first-order valence-corrected chi connectivity index (χ1v) is 5.72. The molecule has 17 heavy (non-hydrogen) atoms. The molecule has 0 saturated heterocycles. The van der Waals surface area contributed by atoms with Crippen LogP contribution in [0.3, 0.4) is 0 Å². The normalized spacial score (nSPS) is 10.5. The van der Waals surface area contributed by atoms with Crippen molar-refractivity contribution in [3.05, 3.63) is 28.8 Å². The molecule has 1 aromatic carbocycles. The summed E-state index contributed by atoms with van der Waals surface area (Å²) in [6, 6.07) is 4.86. The van der Waals surface area contributed by atoms with E-state index < -0.39 is 0 Å². The number of methoxy groups -OCH3 is 1. The SMILES string of the molecule is CCC/C=N/NC(=O)c1cc(Cl)ccc1OC. The Hall–Kier alpha value is -1.55. The highest BCUT2D eigenvalue weighted by atomic mass is 35.5. The Morgan fingerprint density at radius 3 is 3.00 bits per heavy atom. The van der Waals surface area contributed by atoms with Gasteiger partial charge < -0.3 is 4.74 Å². The van der Waals surface area contributed by atoms with Crippen molar-refractivity contribution >= 4 is 23.7 Å². The molecule has 0 heterocycles. The van der Waals surface area contributed by atoms with E-state index in [4.69, 9.17) is 16.3 Å². The Morgan fingerprint density at radius 2 is 2.35 bits per heavy atom. The smallest absolute Gasteiger partial charge is 0.275 e. The van der Waals surface area contributed by atoms with Crippen molar-refractivity contribution in [3.8, 4) is 5.75 Å². The molecule has 0 radical (unpaired) electrons. The second kappa shape index (κ2) is 6.91. The predicted octanol–water partition coefficient (Wildman–Crippen LogP) is 2.86. The molecule has 0 aliphatic rings. The first-order valence-electron chi connectivity index (χ1n) is 5.34. The van der Waals surface area contributed by atoms with Crippen LogP contribution in [0.5, 0.6) is 5.75 Å². The molecule has 0 aliphatic heterocycles. The van der Waals surface area contributed by atoms with Crippen LogP contribution in [-0.4, -0.2) is 19.2 Å². The highest BCUT2D eigenvalue weighted by Crippen LogP contribution is 2.22. The van der Waals surface area contributed by atoms with Gasteiger partial charge in [-0.15, -0.1) is 0 Å². The molecule has 0 fully saturated rings. The molecular formula is C12H15ClN2O2. The van der Waals surface area contributed by atoms with Crippen LogP contribution in [0.2, 0.25) is 5.02 Å². The molecule has 0 spiro atoms. The van der Waals surface area contributed by atoms with Crippen molar-refractivity contribution < 1.29 is 9.53 Å². The van der Waals surface area contributed by atoms with Crippen LogP contribution in [-0.2, 0) is 0 Å². The van der Waals surface area contributed by atoms with Crippen LogP contribution in [0.1, 0.15) is 30.1 Å². The summed E-state index contributed by atoms with van der Waals surface area (Å²) >= 11 is 5.83. The van der Waals surface area contributed by atoms with Crippen LogP contribution < -0.4 is 10.2 Å². The Kier molecular flexibility index (Phi) is 5.49. The number of carbonyl (C=O) groups is 1. The molecule has 0 bridgehead atoms. The molecular weight excluding hydrogens is 240 g/mol. The van der Waals surface area contributed by atoms with E-state index in [1.807, 2.05) is 6.92 Å². The van der Waals surface area contributed by atoms with Gasteiger partial charge in [0.15, 0.2) is 0 Å². The van der Waals surface area contributed by atoms with E-state index >= 15 is 0 Å². The van der Waals surface area contributed by atoms with Crippen LogP contribution in [0.4, 0.5) is 0 Å². The minimum atomic E-state index is -0.336. The van der Waals surface area contributed by atoms with Crippen molar-refractivity contribution in [2.75, 3.05) is 7.11 Å². The van der Waals surface area contributed by atoms with Crippen LogP contribution in [0.25, 0.3) is 0 Å². The Morgan fingerprint density at radius 1 is 1.59 bits per heavy atom. The van der Waals surface area contributed by atoms with Gasteiger partial charge in [0, 0.05) is 11.2 Å². The fourth-order valence-corrected chi connectivity index (χ4v) is 1.39. The number of hydrogen-bond acceptors (Lipinski definition) is 3. The number of rotatable bonds is 5. The largest absolute Gasteiger partial charge is 0.496 e. The van der Waals surface area contributed by atoms with Gasteiger partial charge in [-0.1, -0.05) is 24.9 Å². The maximum atomic E-state index is 11.8. The number of hydrazone groups is 1. The Balaban J connectivity index is 2.77. The maximum Gasteiger partial charge on any atom is 0.275 e. The lowest BCUT2D eigenvalue weighted by Crippen LogP contribution is -2.18. The first kappa shape index (κ1) is 13.5. The highest BCUT2D eigenvalue weighted by Gasteiger charge is 2.11. The number of carbonyl (C=O) groups excluding carboxylic acids is 1. The van der Waals surface area contributed by atoms with Gasteiger partial charge in [-0.3, -0.25) is 4.79 Å². The third-order valence-electron chi connectivity index (χ3n) is 2.08. The molecule has 4 nitrogen and oxygen atoms in total. The molecule has 1 aromatic rings. The minimum Gasteiger partial charge on any atom is -0.496 e. The summed E-state index contributed by atoms with van der Waals surface area (Å²) in [4.78, 5) is 11.8. The van der Waals surface area contributed by atoms with Crippen molar-refractivity contribution in [3.63, 3.8) is 0 Å². The molecule has 92 valence electrons. The van der Waals surface area contributed by atoms with Crippen molar-refractivity contribution in [2.24, 2.45) is 5.10 Å². The molecule has 0 saturated carbocycles. The van der Waals surface area contributed by atoms with Crippen LogP contribution in [0.15, 0.2) is 23.3 Å². The van der Waals surface area contributed by atoms with Crippen LogP contribution >= 0.6 is 11.6 Å². The molecule has 1 N–H and O–H groups in total. The number of benzene rings is 1. The number of hydrogen-bond donors (Lipinski definition) is 1. The topological polar surface area (TPSA) is 50.7 Å². The van der Waals surface area contributed by atoms with Gasteiger partial charge in [0.25, 0.3) is 5.91 Å². The monoisotopic (exact) mass is 254 g/mol. The highest BCUT2D eigenvalue weighted by molar-refractivity contribution is 6.31. The molecule has 5 heteroatoms. The Bertz CT molecular complexity index is 419. The summed E-state index contributed by atoms with van der Waals surface area (Å²) in [7, 11) is 1.50. The number of ether oxygens (including phenoxy) is 1. The fourth-order valence-electron chi connectivity index (χ4n) is 1.22. The molecule has 1 amide bonds. The van der Waals surface area contributed by atoms with Gasteiger partial charge in [0.1, 0.15) is 5.75 Å². The van der Waals surface area contributed by atoms with Gasteiger partial charge in [0.05, 0.1) is 12.7 Å². The lowest BCUT2D eigenvalue weighted by atomic mass is 10.2. The average Bonchev–Trinajstić information content (AvgIpc) is 2.34. The third kappa shape index (κ3) is 4.07. The van der Waals surface area contributed by atoms with Gasteiger partial charge in [-0.2, -0.15) is 5.10 Å². The maximum absolute atomic E-state index is 11.8. The summed E-state index contributed by atoms with van der Waals surface area (Å²) in [5.41, 5.74) is 2.80. The van der Waals surface area contributed by atoms with E-state index in [2.05, 4.69) is 10.5 Å². The van der Waals surface area contributed by atoms with Gasteiger partial charge in [-0.05, 0) is 24.6 Å². The number of nitrogens with one attached hydrogen (secondary N) is 1. The van der Waals surface area contributed by atoms with Gasteiger partial charge >= 0.3 is 0 Å². The molecule has 1 rings (SSSR count). The second-order valence-electron chi connectivity index (χ2n) is 3.39. The lowest BCUT2D eigenvalue weighted by Gasteiger charge is -2.06. The van der Waals surface area contributed by atoms with Crippen molar-refractivity contribution in [1.29, 1.82) is 0 Å². The third-order valence-corrected chi connectivity index (χ3v) is 2.32. The van der Waals surface area contributed by atoms with E-state index in [0.29, 0.717) is 16.3 Å². The summed E-state index contributed by atoms with van der Waals surface area (Å²) in [6.45, 7) is 2.04. The summed E-state index contributed by atoms with van der Waals surface area (Å²) in [5, 5.41) is 4.30. The van der Waals surface area contributed by atoms with E-state index in [0.717, 1.165) is 12.8 Å². The summed E-state index contributed by atoms with van der Waals surface area (Å²) < 4.78 is 5.08. The molecule has 0 atom stereocenters. The summed E-state index contributed by atoms with van der Waals surface area (Å²) in [6.07, 6.45) is 3.47. The number of unbranched alkanes of at least 4 members (excludes halogenated alkanes) is 1. The standard InChI is InChI=1S/C12H15ClN2O2/c1-3-4-7-14-15-12(16)10-8-9(13)5-6-11(10)17-2/h5-8H,3-4H2,1-2H3,(H,15,16)/b14-7+. The van der Waals surface area contributed by atoms with Crippen molar-refractivity contribution in [1.82, 2.24) is 5.43 Å². The van der Waals surface area contributed by atoms with Crippen molar-refractivity contribution in [2.45, 2.75) is 19.8 Å². The van der Waals surface area contributed by atoms with Gasteiger partial charge in [-0.25, -0.2) is 5.43 Å². The second-order valence-corrected chi connectivity index (χ2v) is 3.82. The Labute approximate surface area is 106 Å². The molecule has 0 unspecified atom stereocenters. The van der Waals surface area contributed by atoms with Crippen LogP contribution in [0, 0.1) is 0 Å². The average molecular weight is 255 g/mol. The molecule has 0 aliphatic carbocycles. The van der Waals surface area contributed by atoms with E-state index in [9.17, 15) is 4.79 Å². The minimum absolute atomic E-state index is 0.336. The number of amides is 1.